The van der Waals surface area contributed by atoms with Crippen LogP contribution in [0, 0.1) is 13.8 Å². The van der Waals surface area contributed by atoms with E-state index >= 15 is 0 Å². The average molecular weight is 478 g/mol. The van der Waals surface area contributed by atoms with Crippen molar-refractivity contribution in [3.63, 3.8) is 0 Å². The second-order valence-corrected chi connectivity index (χ2v) is 10.6. The van der Waals surface area contributed by atoms with Crippen LogP contribution in [0.25, 0.3) is 22.4 Å². The predicted molar refractivity (Wildman–Crippen MR) is 138 cm³/mol. The smallest absolute Gasteiger partial charge is 0.267 e. The van der Waals surface area contributed by atoms with Gasteiger partial charge in [0.05, 0.1) is 21.8 Å². The van der Waals surface area contributed by atoms with Crippen molar-refractivity contribution >= 4 is 34.3 Å². The molecule has 0 radical (unpaired) electrons. The first-order valence-electron chi connectivity index (χ1n) is 11.6. The number of rotatable bonds is 6. The molecule has 1 unspecified atom stereocenters. The molecular weight excluding hydrogens is 446 g/mol. The summed E-state index contributed by atoms with van der Waals surface area (Å²) in [4.78, 5) is 28.7. The van der Waals surface area contributed by atoms with E-state index in [0.29, 0.717) is 16.3 Å². The fourth-order valence-corrected chi connectivity index (χ4v) is 5.46. The third-order valence-corrected chi connectivity index (χ3v) is 7.02. The normalized spacial score (nSPS) is 12.7. The molecule has 34 heavy (non-hydrogen) atoms. The predicted octanol–water partition coefficient (Wildman–Crippen LogP) is 4.78. The molecule has 1 amide bonds. The maximum atomic E-state index is 13.6. The van der Waals surface area contributed by atoms with Gasteiger partial charge in [-0.15, -0.1) is 10.2 Å². The third kappa shape index (κ3) is 4.11. The van der Waals surface area contributed by atoms with Crippen molar-refractivity contribution < 1.29 is 4.79 Å². The van der Waals surface area contributed by atoms with Crippen LogP contribution in [0.4, 0.5) is 0 Å². The van der Waals surface area contributed by atoms with Gasteiger partial charge in [0.15, 0.2) is 5.16 Å². The molecule has 0 spiro atoms. The molecule has 1 atom stereocenters. The number of thioether (sulfide) groups is 1. The number of nitrogens with zero attached hydrogens (tertiary/aromatic N) is 5. The van der Waals surface area contributed by atoms with Crippen LogP contribution in [0.15, 0.2) is 52.4 Å². The van der Waals surface area contributed by atoms with Crippen LogP contribution in [0.2, 0.25) is 0 Å². The highest BCUT2D eigenvalue weighted by Crippen LogP contribution is 2.28. The van der Waals surface area contributed by atoms with Crippen LogP contribution in [-0.4, -0.2) is 47.3 Å². The molecule has 0 aliphatic carbocycles. The molecule has 2 aromatic heterocycles. The summed E-state index contributed by atoms with van der Waals surface area (Å²) in [5.41, 5.74) is 3.44. The molecule has 0 N–H and O–H groups in total. The molecule has 0 saturated heterocycles. The Morgan fingerprint density at radius 2 is 1.65 bits per heavy atom. The minimum Gasteiger partial charge on any atom is -0.337 e. The Balaban J connectivity index is 1.90. The van der Waals surface area contributed by atoms with Crippen LogP contribution >= 0.6 is 11.8 Å². The van der Waals surface area contributed by atoms with Crippen molar-refractivity contribution in [2.24, 2.45) is 0 Å². The summed E-state index contributed by atoms with van der Waals surface area (Å²) >= 11 is 1.36. The van der Waals surface area contributed by atoms with E-state index < -0.39 is 0 Å². The first-order chi connectivity index (χ1) is 16.1. The number of aryl methyl sites for hydroxylation is 2. The number of fused-ring (bicyclic) bond motifs is 3. The van der Waals surface area contributed by atoms with Crippen LogP contribution in [0.5, 0.6) is 0 Å². The van der Waals surface area contributed by atoms with Crippen molar-refractivity contribution in [2.75, 3.05) is 0 Å². The van der Waals surface area contributed by atoms with E-state index in [1.165, 1.54) is 11.8 Å². The highest BCUT2D eigenvalue weighted by molar-refractivity contribution is 8.00. The summed E-state index contributed by atoms with van der Waals surface area (Å²) in [6.07, 6.45) is 0. The largest absolute Gasteiger partial charge is 0.337 e. The Morgan fingerprint density at radius 1 is 0.971 bits per heavy atom. The summed E-state index contributed by atoms with van der Waals surface area (Å²) < 4.78 is 3.51. The lowest BCUT2D eigenvalue weighted by atomic mass is 10.1. The van der Waals surface area contributed by atoms with Gasteiger partial charge in [-0.25, -0.2) is 4.57 Å². The van der Waals surface area contributed by atoms with E-state index in [0.717, 1.165) is 22.3 Å². The molecule has 0 bridgehead atoms. The van der Waals surface area contributed by atoms with Gasteiger partial charge in [0.25, 0.3) is 5.56 Å². The Kier molecular flexibility index (Phi) is 6.53. The number of hydrogen-bond donors (Lipinski definition) is 0. The molecule has 2 aromatic carbocycles. The van der Waals surface area contributed by atoms with Crippen molar-refractivity contribution in [1.82, 2.24) is 24.1 Å². The van der Waals surface area contributed by atoms with Gasteiger partial charge < -0.3 is 4.90 Å². The zero-order chi connectivity index (χ0) is 24.7. The number of benzene rings is 2. The van der Waals surface area contributed by atoms with E-state index in [1.807, 2.05) is 100 Å². The Bertz CT molecular complexity index is 1430. The van der Waals surface area contributed by atoms with Gasteiger partial charge in [-0.3, -0.25) is 14.0 Å². The molecule has 7 nitrogen and oxygen atoms in total. The average Bonchev–Trinajstić information content (AvgIpc) is 3.18. The maximum absolute atomic E-state index is 13.6. The van der Waals surface area contributed by atoms with Gasteiger partial charge in [-0.2, -0.15) is 0 Å². The number of carbonyl (C=O) groups is 1. The summed E-state index contributed by atoms with van der Waals surface area (Å²) in [7, 11) is 0. The Hall–Kier alpha value is -3.13. The lowest BCUT2D eigenvalue weighted by molar-refractivity contribution is -0.133. The van der Waals surface area contributed by atoms with Gasteiger partial charge in [0.1, 0.15) is 0 Å². The van der Waals surface area contributed by atoms with Crippen molar-refractivity contribution in [2.45, 2.75) is 71.0 Å². The minimum absolute atomic E-state index is 0.0544. The lowest BCUT2D eigenvalue weighted by Gasteiger charge is -2.32. The van der Waals surface area contributed by atoms with Crippen molar-refractivity contribution in [3.8, 4) is 5.69 Å². The van der Waals surface area contributed by atoms with E-state index in [4.69, 9.17) is 0 Å². The maximum Gasteiger partial charge on any atom is 0.267 e. The highest BCUT2D eigenvalue weighted by Gasteiger charge is 2.28. The molecule has 0 aliphatic heterocycles. The third-order valence-electron chi connectivity index (χ3n) is 5.99. The van der Waals surface area contributed by atoms with Crippen LogP contribution in [0.3, 0.4) is 0 Å². The molecule has 0 saturated carbocycles. The topological polar surface area (TPSA) is 72.5 Å². The van der Waals surface area contributed by atoms with Gasteiger partial charge in [-0.1, -0.05) is 41.6 Å². The number of aromatic nitrogens is 4. The quantitative estimate of drug-likeness (QED) is 0.374. The fourth-order valence-electron chi connectivity index (χ4n) is 4.55. The number of hydrogen-bond acceptors (Lipinski definition) is 5. The second-order valence-electron chi connectivity index (χ2n) is 9.26. The van der Waals surface area contributed by atoms with Crippen molar-refractivity contribution in [3.05, 3.63) is 63.9 Å². The molecule has 4 aromatic rings. The first-order valence-corrected chi connectivity index (χ1v) is 12.4. The molecular formula is C26H31N5O2S. The highest BCUT2D eigenvalue weighted by atomic mass is 32.2. The summed E-state index contributed by atoms with van der Waals surface area (Å²) in [6.45, 7) is 14.0. The van der Waals surface area contributed by atoms with Crippen LogP contribution < -0.4 is 5.56 Å². The summed E-state index contributed by atoms with van der Waals surface area (Å²) in [6, 6.07) is 13.6. The van der Waals surface area contributed by atoms with Gasteiger partial charge in [-0.05, 0) is 72.2 Å². The van der Waals surface area contributed by atoms with Gasteiger partial charge >= 0.3 is 0 Å². The van der Waals surface area contributed by atoms with E-state index in [-0.39, 0.29) is 28.8 Å². The SMILES string of the molecule is Cc1ccc(-n2c(=O)c3ccccc3n3c(SC(C)C(=O)N(C(C)C)C(C)C)nnc23)c(C)c1. The molecule has 4 rings (SSSR count). The summed E-state index contributed by atoms with van der Waals surface area (Å²) in [5.74, 6) is 0.487. The molecule has 8 heteroatoms. The van der Waals surface area contributed by atoms with E-state index in [2.05, 4.69) is 10.2 Å². The standard InChI is InChI=1S/C26H31N5O2S/c1-15(2)29(16(3)4)23(32)19(7)34-26-28-27-25-30(21-13-12-17(5)14-18(21)6)24(33)20-10-8-9-11-22(20)31(25)26/h8-16,19H,1-7H3. The Labute approximate surface area is 203 Å². The number of para-hydroxylation sites is 1. The summed E-state index contributed by atoms with van der Waals surface area (Å²) in [5, 5.41) is 9.65. The van der Waals surface area contributed by atoms with E-state index in [9.17, 15) is 9.59 Å². The number of amides is 1. The van der Waals surface area contributed by atoms with Crippen LogP contribution in [0.1, 0.15) is 45.7 Å². The zero-order valence-electron chi connectivity index (χ0n) is 20.7. The zero-order valence-corrected chi connectivity index (χ0v) is 21.6. The van der Waals surface area contributed by atoms with E-state index in [1.54, 1.807) is 4.57 Å². The number of carbonyl (C=O) groups excluding carboxylic acids is 1. The monoisotopic (exact) mass is 477 g/mol. The van der Waals surface area contributed by atoms with Gasteiger partial charge in [0, 0.05) is 12.1 Å². The molecule has 178 valence electrons. The van der Waals surface area contributed by atoms with Crippen molar-refractivity contribution in [1.29, 1.82) is 0 Å². The Morgan fingerprint density at radius 3 is 2.29 bits per heavy atom. The molecule has 2 heterocycles. The second kappa shape index (κ2) is 9.25. The molecule has 0 aliphatic rings. The van der Waals surface area contributed by atoms with Gasteiger partial charge in [0.2, 0.25) is 11.7 Å². The fraction of sp³-hybridized carbons (Fsp3) is 0.385. The van der Waals surface area contributed by atoms with Crippen LogP contribution in [-0.2, 0) is 4.79 Å². The lowest BCUT2D eigenvalue weighted by Crippen LogP contribution is -2.45. The molecule has 0 fully saturated rings. The minimum atomic E-state index is -0.363. The first kappa shape index (κ1) is 24.0.